The second kappa shape index (κ2) is 8.30. The van der Waals surface area contributed by atoms with Crippen molar-refractivity contribution in [1.82, 2.24) is 20.1 Å². The summed E-state index contributed by atoms with van der Waals surface area (Å²) in [7, 11) is 1.60. The van der Waals surface area contributed by atoms with Gasteiger partial charge in [-0.2, -0.15) is 5.10 Å². The molecule has 0 radical (unpaired) electrons. The van der Waals surface area contributed by atoms with Crippen molar-refractivity contribution in [2.45, 2.75) is 32.4 Å². The first-order chi connectivity index (χ1) is 14.0. The highest BCUT2D eigenvalue weighted by atomic mass is 32.1. The van der Waals surface area contributed by atoms with E-state index in [2.05, 4.69) is 15.4 Å². The number of fused-ring (bicyclic) bond motifs is 1. The number of aryl methyl sites for hydroxylation is 1. The van der Waals surface area contributed by atoms with Crippen LogP contribution in [0, 0.1) is 6.92 Å². The third-order valence-corrected chi connectivity index (χ3v) is 5.77. The molecule has 9 heteroatoms. The maximum absolute atomic E-state index is 12.9. The molecule has 29 heavy (non-hydrogen) atoms. The number of thiazole rings is 1. The van der Waals surface area contributed by atoms with Gasteiger partial charge in [0, 0.05) is 18.7 Å². The number of carbonyl (C=O) groups excluding carboxylic acids is 1. The second-order valence-electron chi connectivity index (χ2n) is 6.89. The van der Waals surface area contributed by atoms with Crippen molar-refractivity contribution in [2.75, 3.05) is 20.3 Å². The van der Waals surface area contributed by atoms with Crippen LogP contribution >= 0.6 is 11.3 Å². The molecular weight excluding hydrogens is 392 g/mol. The predicted molar refractivity (Wildman–Crippen MR) is 110 cm³/mol. The van der Waals surface area contributed by atoms with Gasteiger partial charge in [0.15, 0.2) is 5.52 Å². The molecule has 3 aromatic rings. The van der Waals surface area contributed by atoms with Gasteiger partial charge >= 0.3 is 0 Å². The number of nitrogens with zero attached hydrogens (tertiary/aromatic N) is 3. The van der Waals surface area contributed by atoms with E-state index in [1.165, 1.54) is 16.0 Å². The predicted octanol–water partition coefficient (Wildman–Crippen LogP) is 2.13. The minimum absolute atomic E-state index is 0.0413. The highest BCUT2D eigenvalue weighted by Crippen LogP contribution is 2.31. The first-order valence-corrected chi connectivity index (χ1v) is 10.3. The molecule has 0 unspecified atom stereocenters. The van der Waals surface area contributed by atoms with Crippen molar-refractivity contribution in [3.63, 3.8) is 0 Å². The normalized spacial score (nSPS) is 16.3. The summed E-state index contributed by atoms with van der Waals surface area (Å²) in [4.78, 5) is 29.6. The highest BCUT2D eigenvalue weighted by Gasteiger charge is 2.20. The van der Waals surface area contributed by atoms with Crippen molar-refractivity contribution in [3.05, 3.63) is 39.6 Å². The lowest BCUT2D eigenvalue weighted by Crippen LogP contribution is -2.37. The number of benzene rings is 1. The summed E-state index contributed by atoms with van der Waals surface area (Å²) in [6.45, 7) is 2.84. The lowest BCUT2D eigenvalue weighted by Gasteiger charge is -2.12. The van der Waals surface area contributed by atoms with Crippen LogP contribution in [-0.2, 0) is 16.1 Å². The third kappa shape index (κ3) is 4.15. The van der Waals surface area contributed by atoms with E-state index >= 15 is 0 Å². The van der Waals surface area contributed by atoms with Crippen LogP contribution in [0.2, 0.25) is 0 Å². The fourth-order valence-corrected chi connectivity index (χ4v) is 4.27. The lowest BCUT2D eigenvalue weighted by molar-refractivity contribution is -0.122. The number of ether oxygens (including phenoxy) is 2. The molecular formula is C20H22N4O4S. The number of nitrogens with one attached hydrogen (secondary N) is 1. The van der Waals surface area contributed by atoms with E-state index in [-0.39, 0.29) is 24.1 Å². The van der Waals surface area contributed by atoms with E-state index < -0.39 is 0 Å². The number of hydrogen-bond donors (Lipinski definition) is 1. The quantitative estimate of drug-likeness (QED) is 0.664. The average molecular weight is 414 g/mol. The standard InChI is InChI=1S/C20H22N4O4S/c1-12-22-18-19(29-12)17(13-5-3-6-14(9-13)27-2)23-24(20(18)26)11-16(25)21-10-15-7-4-8-28-15/h3,5-6,9,15H,4,7-8,10-11H2,1-2H3,(H,21,25)/t15-/m1/s1. The number of amides is 1. The topological polar surface area (TPSA) is 95.3 Å². The summed E-state index contributed by atoms with van der Waals surface area (Å²) >= 11 is 1.41. The Bertz CT molecular complexity index is 1100. The molecule has 152 valence electrons. The Hall–Kier alpha value is -2.78. The van der Waals surface area contributed by atoms with E-state index in [9.17, 15) is 9.59 Å². The number of carbonyl (C=O) groups is 1. The monoisotopic (exact) mass is 414 g/mol. The largest absolute Gasteiger partial charge is 0.497 e. The first-order valence-electron chi connectivity index (χ1n) is 9.46. The maximum Gasteiger partial charge on any atom is 0.294 e. The van der Waals surface area contributed by atoms with E-state index in [0.29, 0.717) is 28.2 Å². The van der Waals surface area contributed by atoms with Gasteiger partial charge in [0.1, 0.15) is 18.0 Å². The molecule has 8 nitrogen and oxygen atoms in total. The summed E-state index contributed by atoms with van der Waals surface area (Å²) in [5.41, 5.74) is 1.36. The third-order valence-electron chi connectivity index (χ3n) is 4.79. The van der Waals surface area contributed by atoms with Crippen LogP contribution < -0.4 is 15.6 Å². The number of methoxy groups -OCH3 is 1. The van der Waals surface area contributed by atoms with E-state index in [0.717, 1.165) is 30.0 Å². The minimum Gasteiger partial charge on any atom is -0.497 e. The molecule has 4 rings (SSSR count). The number of hydrogen-bond acceptors (Lipinski definition) is 7. The Morgan fingerprint density at radius 1 is 1.45 bits per heavy atom. The van der Waals surface area contributed by atoms with Gasteiger partial charge in [-0.05, 0) is 31.9 Å². The fourth-order valence-electron chi connectivity index (χ4n) is 3.36. The molecule has 2 aromatic heterocycles. The molecule has 1 aliphatic heterocycles. The smallest absolute Gasteiger partial charge is 0.294 e. The molecule has 0 aliphatic carbocycles. The van der Waals surface area contributed by atoms with Gasteiger partial charge in [-0.15, -0.1) is 11.3 Å². The zero-order chi connectivity index (χ0) is 20.4. The Morgan fingerprint density at radius 2 is 2.31 bits per heavy atom. The van der Waals surface area contributed by atoms with E-state index in [4.69, 9.17) is 9.47 Å². The SMILES string of the molecule is COc1cccc(-c2nn(CC(=O)NC[C@H]3CCCO3)c(=O)c3nc(C)sc23)c1. The van der Waals surface area contributed by atoms with Crippen LogP contribution in [0.3, 0.4) is 0 Å². The zero-order valence-corrected chi connectivity index (χ0v) is 17.1. The highest BCUT2D eigenvalue weighted by molar-refractivity contribution is 7.19. The van der Waals surface area contributed by atoms with Crippen LogP contribution in [0.25, 0.3) is 21.5 Å². The summed E-state index contributed by atoms with van der Waals surface area (Å²) in [5, 5.41) is 8.10. The van der Waals surface area contributed by atoms with Gasteiger partial charge in [-0.25, -0.2) is 9.67 Å². The number of aromatic nitrogens is 3. The minimum atomic E-state index is -0.372. The van der Waals surface area contributed by atoms with Gasteiger partial charge in [0.2, 0.25) is 5.91 Å². The molecule has 1 atom stereocenters. The lowest BCUT2D eigenvalue weighted by atomic mass is 10.1. The van der Waals surface area contributed by atoms with Crippen molar-refractivity contribution in [1.29, 1.82) is 0 Å². The van der Waals surface area contributed by atoms with Crippen LogP contribution in [0.4, 0.5) is 0 Å². The van der Waals surface area contributed by atoms with Crippen LogP contribution in [0.15, 0.2) is 29.1 Å². The Morgan fingerprint density at radius 3 is 3.07 bits per heavy atom. The molecule has 1 aliphatic rings. The Labute approximate surface area is 171 Å². The second-order valence-corrected chi connectivity index (χ2v) is 8.10. The Kier molecular flexibility index (Phi) is 5.59. The van der Waals surface area contributed by atoms with Crippen LogP contribution in [-0.4, -0.2) is 47.0 Å². The molecule has 1 aromatic carbocycles. The molecule has 1 saturated heterocycles. The molecule has 0 bridgehead atoms. The summed E-state index contributed by atoms with van der Waals surface area (Å²) in [5.74, 6) is 0.406. The van der Waals surface area contributed by atoms with Crippen molar-refractivity contribution in [3.8, 4) is 17.0 Å². The summed E-state index contributed by atoms with van der Waals surface area (Å²) < 4.78 is 12.7. The summed E-state index contributed by atoms with van der Waals surface area (Å²) in [6.07, 6.45) is 1.98. The van der Waals surface area contributed by atoms with Crippen molar-refractivity contribution in [2.24, 2.45) is 0 Å². The molecule has 1 fully saturated rings. The van der Waals surface area contributed by atoms with Crippen LogP contribution in [0.5, 0.6) is 5.75 Å². The van der Waals surface area contributed by atoms with Crippen LogP contribution in [0.1, 0.15) is 17.8 Å². The molecule has 1 amide bonds. The molecule has 0 spiro atoms. The van der Waals surface area contributed by atoms with Crippen molar-refractivity contribution < 1.29 is 14.3 Å². The first kappa shape index (κ1) is 19.5. The van der Waals surface area contributed by atoms with E-state index in [1.54, 1.807) is 7.11 Å². The van der Waals surface area contributed by atoms with Gasteiger partial charge < -0.3 is 14.8 Å². The van der Waals surface area contributed by atoms with E-state index in [1.807, 2.05) is 31.2 Å². The maximum atomic E-state index is 12.9. The van der Waals surface area contributed by atoms with Gasteiger partial charge in [-0.3, -0.25) is 9.59 Å². The summed E-state index contributed by atoms with van der Waals surface area (Å²) in [6, 6.07) is 7.45. The van der Waals surface area contributed by atoms with Crippen molar-refractivity contribution >= 4 is 27.5 Å². The molecule has 3 heterocycles. The molecule has 1 N–H and O–H groups in total. The fraction of sp³-hybridized carbons (Fsp3) is 0.400. The van der Waals surface area contributed by atoms with Gasteiger partial charge in [0.25, 0.3) is 5.56 Å². The average Bonchev–Trinajstić information content (AvgIpc) is 3.38. The zero-order valence-electron chi connectivity index (χ0n) is 16.3. The Balaban J connectivity index is 1.67. The number of rotatable bonds is 6. The van der Waals surface area contributed by atoms with Gasteiger partial charge in [-0.1, -0.05) is 12.1 Å². The van der Waals surface area contributed by atoms with Gasteiger partial charge in [0.05, 0.1) is 22.9 Å². The molecule has 0 saturated carbocycles.